The maximum atomic E-state index is 6.36. The van der Waals surface area contributed by atoms with Gasteiger partial charge in [0.1, 0.15) is 5.82 Å². The van der Waals surface area contributed by atoms with Crippen LogP contribution in [0.25, 0.3) is 0 Å². The van der Waals surface area contributed by atoms with E-state index in [0.29, 0.717) is 15.9 Å². The SMILES string of the molecule is CC.CCCC(C)(c1cc(N)n[nH]1)c1ccc(Cl)cc1Cl. The average Bonchev–Trinajstić information content (AvgIpc) is 2.88. The molecule has 1 unspecified atom stereocenters. The van der Waals surface area contributed by atoms with E-state index in [1.54, 1.807) is 6.07 Å². The molecule has 1 aromatic heterocycles. The van der Waals surface area contributed by atoms with Gasteiger partial charge < -0.3 is 5.73 Å². The van der Waals surface area contributed by atoms with Crippen LogP contribution in [0, 0.1) is 0 Å². The molecule has 0 amide bonds. The second-order valence-corrected chi connectivity index (χ2v) is 5.76. The van der Waals surface area contributed by atoms with Crippen LogP contribution in [-0.4, -0.2) is 10.2 Å². The standard InChI is InChI=1S/C14H17Cl2N3.C2H6/c1-3-6-14(2,12-8-13(17)19-18-12)10-5-4-9(15)7-11(10)16;1-2/h4-5,7-8H,3,6H2,1-2H3,(H3,17,18,19);1-2H3. The molecule has 2 rings (SSSR count). The van der Waals surface area contributed by atoms with Gasteiger partial charge in [-0.3, -0.25) is 5.10 Å². The van der Waals surface area contributed by atoms with Gasteiger partial charge in [0.25, 0.3) is 0 Å². The fourth-order valence-electron chi connectivity index (χ4n) is 2.47. The molecule has 3 nitrogen and oxygen atoms in total. The number of nitrogens with two attached hydrogens (primary N) is 1. The Morgan fingerprint density at radius 3 is 2.38 bits per heavy atom. The molecule has 0 aliphatic heterocycles. The highest BCUT2D eigenvalue weighted by Crippen LogP contribution is 2.40. The lowest BCUT2D eigenvalue weighted by Crippen LogP contribution is -2.24. The number of benzene rings is 1. The summed E-state index contributed by atoms with van der Waals surface area (Å²) >= 11 is 12.3. The van der Waals surface area contributed by atoms with Crippen LogP contribution in [0.15, 0.2) is 24.3 Å². The van der Waals surface area contributed by atoms with Gasteiger partial charge in [0.15, 0.2) is 0 Å². The van der Waals surface area contributed by atoms with Crippen LogP contribution in [0.3, 0.4) is 0 Å². The van der Waals surface area contributed by atoms with Crippen LogP contribution in [0.5, 0.6) is 0 Å². The van der Waals surface area contributed by atoms with Crippen LogP contribution in [0.1, 0.15) is 51.8 Å². The molecule has 2 aromatic rings. The lowest BCUT2D eigenvalue weighted by molar-refractivity contribution is 0.496. The van der Waals surface area contributed by atoms with E-state index < -0.39 is 0 Å². The number of nitrogens with one attached hydrogen (secondary N) is 1. The van der Waals surface area contributed by atoms with Gasteiger partial charge in [-0.1, -0.05) is 56.5 Å². The van der Waals surface area contributed by atoms with Crippen molar-refractivity contribution in [1.29, 1.82) is 0 Å². The number of aromatic nitrogens is 2. The van der Waals surface area contributed by atoms with Crippen molar-refractivity contribution in [2.24, 2.45) is 0 Å². The summed E-state index contributed by atoms with van der Waals surface area (Å²) in [4.78, 5) is 0. The smallest absolute Gasteiger partial charge is 0.145 e. The molecule has 0 radical (unpaired) electrons. The third kappa shape index (κ3) is 3.92. The maximum absolute atomic E-state index is 6.36. The van der Waals surface area contributed by atoms with Crippen LogP contribution in [0.2, 0.25) is 10.0 Å². The highest BCUT2D eigenvalue weighted by molar-refractivity contribution is 6.35. The molecule has 0 saturated carbocycles. The monoisotopic (exact) mass is 327 g/mol. The van der Waals surface area contributed by atoms with Crippen molar-refractivity contribution in [3.63, 3.8) is 0 Å². The van der Waals surface area contributed by atoms with Crippen LogP contribution < -0.4 is 5.73 Å². The first-order valence-electron chi connectivity index (χ1n) is 7.24. The summed E-state index contributed by atoms with van der Waals surface area (Å²) in [6.45, 7) is 8.28. The molecule has 0 spiro atoms. The third-order valence-electron chi connectivity index (χ3n) is 3.47. The Kier molecular flexibility index (Phi) is 6.56. The average molecular weight is 328 g/mol. The van der Waals surface area contributed by atoms with Gasteiger partial charge in [-0.05, 0) is 31.0 Å². The zero-order chi connectivity index (χ0) is 16.0. The number of hydrogen-bond acceptors (Lipinski definition) is 2. The molecule has 0 fully saturated rings. The van der Waals surface area contributed by atoms with Crippen molar-refractivity contribution in [3.8, 4) is 0 Å². The highest BCUT2D eigenvalue weighted by atomic mass is 35.5. The van der Waals surface area contributed by atoms with E-state index in [1.165, 1.54) is 0 Å². The third-order valence-corrected chi connectivity index (χ3v) is 4.02. The van der Waals surface area contributed by atoms with Gasteiger partial charge in [-0.15, -0.1) is 0 Å². The van der Waals surface area contributed by atoms with Crippen LogP contribution in [-0.2, 0) is 5.41 Å². The molecule has 1 heterocycles. The highest BCUT2D eigenvalue weighted by Gasteiger charge is 2.32. The van der Waals surface area contributed by atoms with E-state index >= 15 is 0 Å². The van der Waals surface area contributed by atoms with Gasteiger partial charge in [0.2, 0.25) is 0 Å². The van der Waals surface area contributed by atoms with E-state index in [9.17, 15) is 0 Å². The minimum atomic E-state index is -0.249. The van der Waals surface area contributed by atoms with Crippen molar-refractivity contribution in [3.05, 3.63) is 45.6 Å². The predicted octanol–water partition coefficient (Wildman–Crippen LogP) is 5.43. The van der Waals surface area contributed by atoms with Gasteiger partial charge in [-0.25, -0.2) is 0 Å². The van der Waals surface area contributed by atoms with E-state index in [-0.39, 0.29) is 5.41 Å². The van der Waals surface area contributed by atoms with Crippen molar-refractivity contribution in [2.75, 3.05) is 5.73 Å². The lowest BCUT2D eigenvalue weighted by Gasteiger charge is -2.29. The minimum absolute atomic E-state index is 0.249. The molecule has 3 N–H and O–H groups in total. The molecule has 116 valence electrons. The Morgan fingerprint density at radius 1 is 1.24 bits per heavy atom. The fourth-order valence-corrected chi connectivity index (χ4v) is 3.09. The minimum Gasteiger partial charge on any atom is -0.382 e. The summed E-state index contributed by atoms with van der Waals surface area (Å²) in [5, 5.41) is 8.33. The van der Waals surface area contributed by atoms with E-state index in [4.69, 9.17) is 28.9 Å². The van der Waals surface area contributed by atoms with Crippen molar-refractivity contribution in [1.82, 2.24) is 10.2 Å². The number of hydrogen-bond donors (Lipinski definition) is 2. The molecule has 0 saturated heterocycles. The zero-order valence-corrected chi connectivity index (χ0v) is 14.5. The number of halogens is 2. The number of aromatic amines is 1. The first-order valence-corrected chi connectivity index (χ1v) is 8.00. The number of rotatable bonds is 4. The second-order valence-electron chi connectivity index (χ2n) is 4.91. The number of nitrogens with zero attached hydrogens (tertiary/aromatic N) is 1. The maximum Gasteiger partial charge on any atom is 0.145 e. The summed E-state index contributed by atoms with van der Waals surface area (Å²) in [5.41, 5.74) is 7.47. The number of anilines is 1. The van der Waals surface area contributed by atoms with E-state index in [1.807, 2.05) is 32.0 Å². The van der Waals surface area contributed by atoms with Gasteiger partial charge in [0.05, 0.1) is 0 Å². The summed E-state index contributed by atoms with van der Waals surface area (Å²) < 4.78 is 0. The van der Waals surface area contributed by atoms with E-state index in [2.05, 4.69) is 24.0 Å². The van der Waals surface area contributed by atoms with Crippen molar-refractivity contribution >= 4 is 29.0 Å². The summed E-state index contributed by atoms with van der Waals surface area (Å²) in [7, 11) is 0. The molecular formula is C16H23Cl2N3. The molecule has 0 aliphatic carbocycles. The van der Waals surface area contributed by atoms with Gasteiger partial charge in [-0.2, -0.15) is 5.10 Å². The topological polar surface area (TPSA) is 54.7 Å². The lowest BCUT2D eigenvalue weighted by atomic mass is 9.76. The Bertz CT molecular complexity index is 581. The van der Waals surface area contributed by atoms with E-state index in [0.717, 1.165) is 24.1 Å². The molecule has 1 atom stereocenters. The first-order chi connectivity index (χ1) is 9.97. The fraction of sp³-hybridized carbons (Fsp3) is 0.438. The second kappa shape index (κ2) is 7.71. The Labute approximate surface area is 136 Å². The number of nitrogen functional groups attached to an aromatic ring is 1. The molecular weight excluding hydrogens is 305 g/mol. The van der Waals surface area contributed by atoms with Crippen molar-refractivity contribution < 1.29 is 0 Å². The zero-order valence-electron chi connectivity index (χ0n) is 13.0. The summed E-state index contributed by atoms with van der Waals surface area (Å²) in [6.07, 6.45) is 1.96. The molecule has 5 heteroatoms. The van der Waals surface area contributed by atoms with Crippen LogP contribution in [0.4, 0.5) is 5.82 Å². The summed E-state index contributed by atoms with van der Waals surface area (Å²) in [5.74, 6) is 0.488. The molecule has 0 aliphatic rings. The summed E-state index contributed by atoms with van der Waals surface area (Å²) in [6, 6.07) is 7.46. The Hall–Kier alpha value is -1.19. The number of H-pyrrole nitrogens is 1. The first kappa shape index (κ1) is 17.9. The Balaban J connectivity index is 0.00000106. The van der Waals surface area contributed by atoms with Gasteiger partial charge in [0, 0.05) is 27.2 Å². The molecule has 21 heavy (non-hydrogen) atoms. The Morgan fingerprint density at radius 2 is 1.90 bits per heavy atom. The normalized spacial score (nSPS) is 13.2. The van der Waals surface area contributed by atoms with Gasteiger partial charge >= 0.3 is 0 Å². The largest absolute Gasteiger partial charge is 0.382 e. The quantitative estimate of drug-likeness (QED) is 0.786. The molecule has 0 bridgehead atoms. The molecule has 1 aromatic carbocycles. The van der Waals surface area contributed by atoms with Crippen molar-refractivity contribution in [2.45, 2.75) is 46.0 Å². The predicted molar refractivity (Wildman–Crippen MR) is 92.2 cm³/mol. The van der Waals surface area contributed by atoms with Crippen LogP contribution >= 0.6 is 23.2 Å².